The minimum atomic E-state index is -0.166. The van der Waals surface area contributed by atoms with E-state index in [0.29, 0.717) is 18.7 Å². The van der Waals surface area contributed by atoms with Crippen molar-refractivity contribution in [2.45, 2.75) is 38.5 Å². The quantitative estimate of drug-likeness (QED) is 0.651. The lowest BCUT2D eigenvalue weighted by Gasteiger charge is -2.34. The molecule has 2 heterocycles. The Morgan fingerprint density at radius 2 is 1.86 bits per heavy atom. The fourth-order valence-corrected chi connectivity index (χ4v) is 4.64. The van der Waals surface area contributed by atoms with E-state index in [0.717, 1.165) is 39.2 Å². The number of fused-ring (bicyclic) bond motifs is 1. The highest BCUT2D eigenvalue weighted by Gasteiger charge is 2.41. The third-order valence-corrected chi connectivity index (χ3v) is 6.00. The molecule has 5 rings (SSSR count). The number of nitrogens with zero attached hydrogens (tertiary/aromatic N) is 1. The number of anilines is 1. The zero-order valence-electron chi connectivity index (χ0n) is 16.4. The zero-order valence-corrected chi connectivity index (χ0v) is 16.4. The average molecular weight is 386 g/mol. The molecule has 2 aromatic carbocycles. The summed E-state index contributed by atoms with van der Waals surface area (Å²) in [5.74, 6) is 0.910. The highest BCUT2D eigenvalue weighted by molar-refractivity contribution is 6.01. The molecule has 0 spiro atoms. The van der Waals surface area contributed by atoms with Crippen LogP contribution in [0.1, 0.15) is 52.6 Å². The molecule has 3 aromatic rings. The second-order valence-electron chi connectivity index (χ2n) is 8.00. The summed E-state index contributed by atoms with van der Waals surface area (Å²) >= 11 is 0. The smallest absolute Gasteiger partial charge is 0.233 e. The first-order valence-corrected chi connectivity index (χ1v) is 9.86. The van der Waals surface area contributed by atoms with Gasteiger partial charge in [0, 0.05) is 23.6 Å². The Labute approximate surface area is 169 Å². The first-order chi connectivity index (χ1) is 14.0. The summed E-state index contributed by atoms with van der Waals surface area (Å²) in [6, 6.07) is 15.4. The molecular weight excluding hydrogens is 364 g/mol. The van der Waals surface area contributed by atoms with E-state index in [1.54, 1.807) is 12.1 Å². The number of Topliss-reactive ketones (excluding diaryl/α,β-unsaturated/α-hetero) is 1. The van der Waals surface area contributed by atoms with E-state index in [2.05, 4.69) is 35.6 Å². The van der Waals surface area contributed by atoms with Gasteiger partial charge in [-0.2, -0.15) is 0 Å². The Morgan fingerprint density at radius 1 is 1.07 bits per heavy atom. The lowest BCUT2D eigenvalue weighted by atomic mass is 9.72. The van der Waals surface area contributed by atoms with E-state index in [1.807, 2.05) is 25.1 Å². The van der Waals surface area contributed by atoms with Crippen molar-refractivity contribution >= 4 is 11.7 Å². The van der Waals surface area contributed by atoms with Gasteiger partial charge in [0.25, 0.3) is 0 Å². The molecular formula is C24H22N2O3. The van der Waals surface area contributed by atoms with Crippen molar-refractivity contribution < 1.29 is 14.4 Å². The number of benzene rings is 2. The molecule has 1 aromatic heterocycles. The summed E-state index contributed by atoms with van der Waals surface area (Å²) in [7, 11) is 0. The van der Waals surface area contributed by atoms with E-state index < -0.39 is 0 Å². The number of carbonyl (C=O) groups excluding carboxylic acids is 1. The lowest BCUT2D eigenvalue weighted by molar-refractivity contribution is -0.116. The molecule has 2 aliphatic rings. The number of phenols is 1. The molecule has 0 fully saturated rings. The molecule has 1 aliphatic carbocycles. The summed E-state index contributed by atoms with van der Waals surface area (Å²) in [6.07, 6.45) is 1.17. The Hall–Kier alpha value is -3.34. The van der Waals surface area contributed by atoms with E-state index in [1.165, 1.54) is 0 Å². The second-order valence-corrected chi connectivity index (χ2v) is 8.00. The van der Waals surface area contributed by atoms with Crippen LogP contribution in [0, 0.1) is 13.8 Å². The highest BCUT2D eigenvalue weighted by Crippen LogP contribution is 2.49. The minimum absolute atomic E-state index is 0.0677. The molecule has 0 unspecified atom stereocenters. The van der Waals surface area contributed by atoms with Gasteiger partial charge < -0.3 is 14.9 Å². The van der Waals surface area contributed by atoms with Gasteiger partial charge in [0.05, 0.1) is 11.3 Å². The first kappa shape index (κ1) is 17.7. The maximum Gasteiger partial charge on any atom is 0.233 e. The first-order valence-electron chi connectivity index (χ1n) is 9.86. The topological polar surface area (TPSA) is 75.4 Å². The van der Waals surface area contributed by atoms with Gasteiger partial charge in [0.1, 0.15) is 5.75 Å². The molecule has 0 saturated carbocycles. The maximum absolute atomic E-state index is 13.4. The average Bonchev–Trinajstić information content (AvgIpc) is 3.07. The number of carbonyl (C=O) groups is 1. The van der Waals surface area contributed by atoms with Crippen LogP contribution in [-0.4, -0.2) is 16.0 Å². The maximum atomic E-state index is 13.4. The van der Waals surface area contributed by atoms with Gasteiger partial charge in [-0.25, -0.2) is 0 Å². The Bertz CT molecular complexity index is 1140. The van der Waals surface area contributed by atoms with Gasteiger partial charge in [-0.15, -0.1) is 0 Å². The van der Waals surface area contributed by atoms with Crippen LogP contribution in [0.15, 0.2) is 64.3 Å². The van der Waals surface area contributed by atoms with E-state index in [-0.39, 0.29) is 23.4 Å². The number of aromatic nitrogens is 1. The SMILES string of the molecule is Cc1cccc([C@H]2C3=C(C[C@H](c4ccc(O)cc4)CC3=O)Nc3onc(C)c32)c1. The van der Waals surface area contributed by atoms with Gasteiger partial charge >= 0.3 is 0 Å². The molecule has 146 valence electrons. The summed E-state index contributed by atoms with van der Waals surface area (Å²) < 4.78 is 5.57. The van der Waals surface area contributed by atoms with Crippen LogP contribution in [0.25, 0.3) is 0 Å². The molecule has 29 heavy (non-hydrogen) atoms. The number of hydrogen-bond donors (Lipinski definition) is 2. The van der Waals surface area contributed by atoms with Crippen molar-refractivity contribution in [3.63, 3.8) is 0 Å². The molecule has 0 amide bonds. The molecule has 5 nitrogen and oxygen atoms in total. The standard InChI is InChI=1S/C24H22N2O3/c1-13-4-3-5-16(10-13)22-21-14(2)26-29-24(21)25-19-11-17(12-20(28)23(19)22)15-6-8-18(27)9-7-15/h3-10,17,22,25,27H,11-12H2,1-2H3/t17-,22+/m0/s1. The monoisotopic (exact) mass is 386 g/mol. The fraction of sp³-hybridized carbons (Fsp3) is 0.250. The number of rotatable bonds is 2. The van der Waals surface area contributed by atoms with Gasteiger partial charge in [0.2, 0.25) is 5.88 Å². The molecule has 0 radical (unpaired) electrons. The Morgan fingerprint density at radius 3 is 2.62 bits per heavy atom. The molecule has 1 aliphatic heterocycles. The number of ketones is 1. The molecule has 0 bridgehead atoms. The van der Waals surface area contributed by atoms with Crippen molar-refractivity contribution in [1.29, 1.82) is 0 Å². The number of nitrogens with one attached hydrogen (secondary N) is 1. The number of phenolic OH excluding ortho intramolecular Hbond substituents is 1. The van der Waals surface area contributed by atoms with Gasteiger partial charge in [-0.3, -0.25) is 4.79 Å². The van der Waals surface area contributed by atoms with Crippen LogP contribution in [0.4, 0.5) is 5.88 Å². The van der Waals surface area contributed by atoms with Crippen LogP contribution in [-0.2, 0) is 4.79 Å². The predicted octanol–water partition coefficient (Wildman–Crippen LogP) is 4.96. The van der Waals surface area contributed by atoms with Gasteiger partial charge in [-0.05, 0) is 49.4 Å². The predicted molar refractivity (Wildman–Crippen MR) is 110 cm³/mol. The normalized spacial score (nSPS) is 20.8. The van der Waals surface area contributed by atoms with E-state index >= 15 is 0 Å². The van der Waals surface area contributed by atoms with Crippen molar-refractivity contribution in [1.82, 2.24) is 5.16 Å². The Balaban J connectivity index is 1.62. The van der Waals surface area contributed by atoms with Crippen molar-refractivity contribution in [2.75, 3.05) is 5.32 Å². The zero-order chi connectivity index (χ0) is 20.1. The van der Waals surface area contributed by atoms with Crippen LogP contribution in [0.5, 0.6) is 5.75 Å². The van der Waals surface area contributed by atoms with Crippen LogP contribution >= 0.6 is 0 Å². The third-order valence-electron chi connectivity index (χ3n) is 6.00. The van der Waals surface area contributed by atoms with Crippen LogP contribution in [0.3, 0.4) is 0 Å². The fourth-order valence-electron chi connectivity index (χ4n) is 4.64. The van der Waals surface area contributed by atoms with Crippen molar-refractivity contribution in [2.24, 2.45) is 0 Å². The van der Waals surface area contributed by atoms with Gasteiger partial charge in [-0.1, -0.05) is 47.1 Å². The van der Waals surface area contributed by atoms with E-state index in [9.17, 15) is 9.90 Å². The van der Waals surface area contributed by atoms with E-state index in [4.69, 9.17) is 4.52 Å². The number of aryl methyl sites for hydroxylation is 2. The van der Waals surface area contributed by atoms with Crippen LogP contribution < -0.4 is 5.32 Å². The minimum Gasteiger partial charge on any atom is -0.508 e. The highest BCUT2D eigenvalue weighted by atomic mass is 16.5. The number of aromatic hydroxyl groups is 1. The third kappa shape index (κ3) is 2.94. The summed E-state index contributed by atoms with van der Waals surface area (Å²) in [6.45, 7) is 3.98. The molecule has 0 saturated heterocycles. The Kier molecular flexibility index (Phi) is 4.05. The van der Waals surface area contributed by atoms with Crippen molar-refractivity contribution in [3.05, 3.63) is 87.7 Å². The summed E-state index contributed by atoms with van der Waals surface area (Å²) in [5.41, 5.74) is 6.78. The van der Waals surface area contributed by atoms with Crippen molar-refractivity contribution in [3.8, 4) is 5.75 Å². The summed E-state index contributed by atoms with van der Waals surface area (Å²) in [5, 5.41) is 17.1. The van der Waals surface area contributed by atoms with Crippen LogP contribution in [0.2, 0.25) is 0 Å². The largest absolute Gasteiger partial charge is 0.508 e. The molecule has 5 heteroatoms. The number of hydrogen-bond acceptors (Lipinski definition) is 5. The molecule has 2 N–H and O–H groups in total. The van der Waals surface area contributed by atoms with Gasteiger partial charge in [0.15, 0.2) is 5.78 Å². The molecule has 2 atom stereocenters. The second kappa shape index (κ2) is 6.62. The number of allylic oxidation sites excluding steroid dienone is 2. The lowest BCUT2D eigenvalue weighted by Crippen LogP contribution is -2.29. The summed E-state index contributed by atoms with van der Waals surface area (Å²) in [4.78, 5) is 13.4.